The number of nitrogens with one attached hydrogen (secondary N) is 1. The fourth-order valence-corrected chi connectivity index (χ4v) is 1.45. The van der Waals surface area contributed by atoms with E-state index in [4.69, 9.17) is 5.73 Å². The molecule has 0 aliphatic heterocycles. The molecule has 4 N–H and O–H groups in total. The summed E-state index contributed by atoms with van der Waals surface area (Å²) in [5.41, 5.74) is 5.71. The van der Waals surface area contributed by atoms with Gasteiger partial charge in [-0.25, -0.2) is 0 Å². The van der Waals surface area contributed by atoms with Crippen LogP contribution in [-0.2, 0) is 0 Å². The van der Waals surface area contributed by atoms with Crippen LogP contribution in [0.2, 0.25) is 0 Å². The highest BCUT2D eigenvalue weighted by Crippen LogP contribution is 2.14. The lowest BCUT2D eigenvalue weighted by Crippen LogP contribution is -2.35. The van der Waals surface area contributed by atoms with Gasteiger partial charge in [0.05, 0.1) is 5.56 Å². The number of rotatable bonds is 6. The molecule has 0 saturated heterocycles. The molecule has 0 spiro atoms. The minimum atomic E-state index is -0.260. The third-order valence-electron chi connectivity index (χ3n) is 2.44. The zero-order chi connectivity index (χ0) is 12.7. The van der Waals surface area contributed by atoms with E-state index in [1.807, 2.05) is 11.9 Å². The molecular weight excluding hydrogens is 218 g/mol. The summed E-state index contributed by atoms with van der Waals surface area (Å²) in [6.45, 7) is 2.66. The second-order valence-corrected chi connectivity index (χ2v) is 3.87. The number of phenolic OH excluding ortho intramolecular Hbond substituents is 1. The van der Waals surface area contributed by atoms with Gasteiger partial charge < -0.3 is 21.1 Å². The summed E-state index contributed by atoms with van der Waals surface area (Å²) >= 11 is 0. The molecule has 1 rings (SSSR count). The largest absolute Gasteiger partial charge is 0.507 e. The van der Waals surface area contributed by atoms with Crippen LogP contribution >= 0.6 is 0 Å². The molecule has 0 heterocycles. The van der Waals surface area contributed by atoms with Gasteiger partial charge in [0.15, 0.2) is 0 Å². The number of phenols is 1. The van der Waals surface area contributed by atoms with Crippen molar-refractivity contribution in [2.75, 3.05) is 33.2 Å². The third-order valence-corrected chi connectivity index (χ3v) is 2.44. The Labute approximate surface area is 101 Å². The number of carbonyl (C=O) groups is 1. The van der Waals surface area contributed by atoms with E-state index >= 15 is 0 Å². The fraction of sp³-hybridized carbons (Fsp3) is 0.417. The van der Waals surface area contributed by atoms with Crippen molar-refractivity contribution in [3.63, 3.8) is 0 Å². The Balaban J connectivity index is 2.38. The van der Waals surface area contributed by atoms with E-state index in [1.54, 1.807) is 18.2 Å². The average molecular weight is 237 g/mol. The first-order chi connectivity index (χ1) is 8.15. The fourth-order valence-electron chi connectivity index (χ4n) is 1.45. The monoisotopic (exact) mass is 237 g/mol. The van der Waals surface area contributed by atoms with Crippen LogP contribution < -0.4 is 11.1 Å². The molecule has 17 heavy (non-hydrogen) atoms. The second kappa shape index (κ2) is 6.88. The van der Waals surface area contributed by atoms with Crippen LogP contribution in [0, 0.1) is 0 Å². The van der Waals surface area contributed by atoms with Crippen molar-refractivity contribution in [1.29, 1.82) is 0 Å². The van der Waals surface area contributed by atoms with Crippen LogP contribution in [0.5, 0.6) is 5.75 Å². The molecule has 0 bridgehead atoms. The van der Waals surface area contributed by atoms with E-state index in [0.29, 0.717) is 18.7 Å². The average Bonchev–Trinajstić information content (AvgIpc) is 2.29. The van der Waals surface area contributed by atoms with Gasteiger partial charge in [-0.05, 0) is 19.2 Å². The van der Waals surface area contributed by atoms with Crippen molar-refractivity contribution < 1.29 is 9.90 Å². The minimum absolute atomic E-state index is 0.000290. The number of likely N-dealkylation sites (N-methyl/N-ethyl adjacent to an activating group) is 1. The molecule has 0 fully saturated rings. The van der Waals surface area contributed by atoms with E-state index in [9.17, 15) is 9.90 Å². The molecule has 94 valence electrons. The highest BCUT2D eigenvalue weighted by molar-refractivity contribution is 5.96. The van der Waals surface area contributed by atoms with Gasteiger partial charge in [-0.3, -0.25) is 4.79 Å². The SMILES string of the molecule is CN(CCN)CCNC(=O)c1ccccc1O. The molecule has 0 aliphatic rings. The number of benzene rings is 1. The molecule has 0 aliphatic carbocycles. The second-order valence-electron chi connectivity index (χ2n) is 3.87. The molecule has 0 saturated carbocycles. The van der Waals surface area contributed by atoms with E-state index in [1.165, 1.54) is 6.07 Å². The highest BCUT2D eigenvalue weighted by Gasteiger charge is 2.09. The number of hydrogen-bond acceptors (Lipinski definition) is 4. The Morgan fingerprint density at radius 2 is 2.12 bits per heavy atom. The molecule has 0 atom stereocenters. The Morgan fingerprint density at radius 1 is 1.41 bits per heavy atom. The number of nitrogens with two attached hydrogens (primary N) is 1. The molecule has 1 aromatic carbocycles. The van der Waals surface area contributed by atoms with Gasteiger partial charge in [0.25, 0.3) is 5.91 Å². The van der Waals surface area contributed by atoms with Gasteiger partial charge in [0, 0.05) is 26.2 Å². The topological polar surface area (TPSA) is 78.6 Å². The van der Waals surface area contributed by atoms with Crippen molar-refractivity contribution in [1.82, 2.24) is 10.2 Å². The summed E-state index contributed by atoms with van der Waals surface area (Å²) in [5.74, 6) is -0.260. The van der Waals surface area contributed by atoms with Crippen LogP contribution in [0.25, 0.3) is 0 Å². The lowest BCUT2D eigenvalue weighted by Gasteiger charge is -2.15. The molecule has 5 heteroatoms. The predicted octanol–water partition coefficient (Wildman–Crippen LogP) is 0.0125. The summed E-state index contributed by atoms with van der Waals surface area (Å²) in [4.78, 5) is 13.7. The van der Waals surface area contributed by atoms with Gasteiger partial charge >= 0.3 is 0 Å². The van der Waals surface area contributed by atoms with E-state index < -0.39 is 0 Å². The van der Waals surface area contributed by atoms with E-state index in [2.05, 4.69) is 5.32 Å². The smallest absolute Gasteiger partial charge is 0.255 e. The molecule has 1 aromatic rings. The first kappa shape index (κ1) is 13.5. The zero-order valence-electron chi connectivity index (χ0n) is 10.0. The normalized spacial score (nSPS) is 10.5. The van der Waals surface area contributed by atoms with Crippen molar-refractivity contribution in [3.05, 3.63) is 29.8 Å². The number of aromatic hydroxyl groups is 1. The lowest BCUT2D eigenvalue weighted by molar-refractivity contribution is 0.0947. The molecule has 5 nitrogen and oxygen atoms in total. The molecule has 0 radical (unpaired) electrons. The Kier molecular flexibility index (Phi) is 5.45. The Hall–Kier alpha value is -1.59. The predicted molar refractivity (Wildman–Crippen MR) is 67.0 cm³/mol. The van der Waals surface area contributed by atoms with Gasteiger partial charge in [0.2, 0.25) is 0 Å². The molecule has 0 unspecified atom stereocenters. The summed E-state index contributed by atoms with van der Waals surface area (Å²) < 4.78 is 0. The summed E-state index contributed by atoms with van der Waals surface area (Å²) in [7, 11) is 1.94. The van der Waals surface area contributed by atoms with Crippen LogP contribution in [0.3, 0.4) is 0 Å². The number of nitrogens with zero attached hydrogens (tertiary/aromatic N) is 1. The van der Waals surface area contributed by atoms with E-state index in [-0.39, 0.29) is 11.7 Å². The van der Waals surface area contributed by atoms with Gasteiger partial charge in [-0.1, -0.05) is 12.1 Å². The quantitative estimate of drug-likeness (QED) is 0.651. The highest BCUT2D eigenvalue weighted by atomic mass is 16.3. The summed E-state index contributed by atoms with van der Waals surface area (Å²) in [5, 5.41) is 12.2. The Bertz CT molecular complexity index is 369. The van der Waals surface area contributed by atoms with Gasteiger partial charge in [-0.15, -0.1) is 0 Å². The van der Waals surface area contributed by atoms with Gasteiger partial charge in [-0.2, -0.15) is 0 Å². The first-order valence-corrected chi connectivity index (χ1v) is 5.60. The minimum Gasteiger partial charge on any atom is -0.507 e. The van der Waals surface area contributed by atoms with Crippen molar-refractivity contribution >= 4 is 5.91 Å². The summed E-state index contributed by atoms with van der Waals surface area (Å²) in [6, 6.07) is 6.49. The van der Waals surface area contributed by atoms with Crippen LogP contribution in [-0.4, -0.2) is 49.1 Å². The molecule has 1 amide bonds. The van der Waals surface area contributed by atoms with Gasteiger partial charge in [0.1, 0.15) is 5.75 Å². The van der Waals surface area contributed by atoms with Crippen LogP contribution in [0.1, 0.15) is 10.4 Å². The molecule has 0 aromatic heterocycles. The van der Waals surface area contributed by atoms with Crippen LogP contribution in [0.15, 0.2) is 24.3 Å². The van der Waals surface area contributed by atoms with Crippen molar-refractivity contribution in [3.8, 4) is 5.75 Å². The first-order valence-electron chi connectivity index (χ1n) is 5.60. The zero-order valence-corrected chi connectivity index (χ0v) is 10.0. The van der Waals surface area contributed by atoms with Crippen molar-refractivity contribution in [2.45, 2.75) is 0 Å². The number of para-hydroxylation sites is 1. The van der Waals surface area contributed by atoms with E-state index in [0.717, 1.165) is 13.1 Å². The maximum absolute atomic E-state index is 11.7. The maximum Gasteiger partial charge on any atom is 0.255 e. The van der Waals surface area contributed by atoms with Crippen molar-refractivity contribution in [2.24, 2.45) is 5.73 Å². The summed E-state index contributed by atoms with van der Waals surface area (Å²) in [6.07, 6.45) is 0. The number of hydrogen-bond donors (Lipinski definition) is 3. The standard InChI is InChI=1S/C12H19N3O2/c1-15(8-6-13)9-7-14-12(17)10-4-2-3-5-11(10)16/h2-5,16H,6-9,13H2,1H3,(H,14,17). The maximum atomic E-state index is 11.7. The number of carbonyl (C=O) groups excluding carboxylic acids is 1. The van der Waals surface area contributed by atoms with Crippen LogP contribution in [0.4, 0.5) is 0 Å². The lowest BCUT2D eigenvalue weighted by atomic mass is 10.2. The molecular formula is C12H19N3O2. The Morgan fingerprint density at radius 3 is 2.76 bits per heavy atom. The third kappa shape index (κ3) is 4.42. The number of amides is 1.